The van der Waals surface area contributed by atoms with Crippen molar-refractivity contribution in [2.75, 3.05) is 13.2 Å². The highest BCUT2D eigenvalue weighted by atomic mass is 32.3. The van der Waals surface area contributed by atoms with Gasteiger partial charge < -0.3 is 9.47 Å². The first-order valence-corrected chi connectivity index (χ1v) is 13.3. The van der Waals surface area contributed by atoms with E-state index in [2.05, 4.69) is 0 Å². The van der Waals surface area contributed by atoms with Crippen molar-refractivity contribution in [3.63, 3.8) is 0 Å². The molecule has 0 bridgehead atoms. The molecule has 0 spiro atoms. The fourth-order valence-electron chi connectivity index (χ4n) is 2.51. The first-order valence-electron chi connectivity index (χ1n) is 9.22. The fourth-order valence-corrected chi connectivity index (χ4v) is 9.11. The van der Waals surface area contributed by atoms with Crippen LogP contribution in [0.2, 0.25) is 0 Å². The molecule has 0 radical (unpaired) electrons. The summed E-state index contributed by atoms with van der Waals surface area (Å²) < 4.78 is 60.9. The van der Waals surface area contributed by atoms with E-state index in [9.17, 15) is 26.4 Å². The van der Waals surface area contributed by atoms with Crippen molar-refractivity contribution >= 4 is 43.4 Å². The summed E-state index contributed by atoms with van der Waals surface area (Å²) in [5.41, 5.74) is 0. The Bertz CT molecular complexity index is 1010. The predicted molar refractivity (Wildman–Crippen MR) is 116 cm³/mol. The summed E-state index contributed by atoms with van der Waals surface area (Å²) in [6.07, 6.45) is 0. The van der Waals surface area contributed by atoms with Crippen LogP contribution in [-0.4, -0.2) is 51.2 Å². The molecule has 2 aromatic carbocycles. The molecule has 0 fully saturated rings. The van der Waals surface area contributed by atoms with Crippen LogP contribution in [0.5, 0.6) is 0 Å². The number of ether oxygens (including phenoxy) is 2. The predicted octanol–water partition coefficient (Wildman–Crippen LogP) is 2.45. The maximum atomic E-state index is 13.3. The molecule has 0 N–H and O–H groups in total. The Labute approximate surface area is 185 Å². The lowest BCUT2D eigenvalue weighted by molar-refractivity contribution is -0.152. The Morgan fingerprint density at radius 2 is 1.10 bits per heavy atom. The second-order valence-electron chi connectivity index (χ2n) is 6.03. The number of carbonyl (C=O) groups is 2. The summed E-state index contributed by atoms with van der Waals surface area (Å²) >= 11 is 0.164. The van der Waals surface area contributed by atoms with Gasteiger partial charge in [-0.25, -0.2) is 16.8 Å². The van der Waals surface area contributed by atoms with Gasteiger partial charge in [-0.3, -0.25) is 9.59 Å². The van der Waals surface area contributed by atoms with Gasteiger partial charge in [0, 0.05) is 0 Å². The standard InChI is InChI=1S/C20H22O8S3/c1-3-27-18(21)17(19(22)28-4-2)29-20(30(23,24)15-11-7-5-8-12-15)31(25,26)16-13-9-6-10-14-16/h5-14,17,20H,3-4H2,1-2H3. The molecule has 31 heavy (non-hydrogen) atoms. The van der Waals surface area contributed by atoms with E-state index >= 15 is 0 Å². The van der Waals surface area contributed by atoms with E-state index in [1.165, 1.54) is 62.4 Å². The van der Waals surface area contributed by atoms with Crippen molar-refractivity contribution in [3.8, 4) is 0 Å². The first kappa shape index (κ1) is 24.9. The summed E-state index contributed by atoms with van der Waals surface area (Å²) in [6, 6.07) is 13.9. The van der Waals surface area contributed by atoms with Crippen molar-refractivity contribution < 1.29 is 35.9 Å². The SMILES string of the molecule is CCOC(=O)C(SC(S(=O)(=O)c1ccccc1)S(=O)(=O)c1ccccc1)C(=O)OCC. The van der Waals surface area contributed by atoms with Gasteiger partial charge in [-0.05, 0) is 38.1 Å². The van der Waals surface area contributed by atoms with Crippen LogP contribution in [0.1, 0.15) is 13.8 Å². The Hall–Kier alpha value is -2.37. The molecular formula is C20H22O8S3. The van der Waals surface area contributed by atoms with Crippen LogP contribution in [0.4, 0.5) is 0 Å². The molecule has 8 nitrogen and oxygen atoms in total. The Balaban J connectivity index is 2.64. The number of sulfone groups is 2. The molecule has 11 heteroatoms. The maximum absolute atomic E-state index is 13.3. The molecular weight excluding hydrogens is 464 g/mol. The Kier molecular flexibility index (Phi) is 8.66. The van der Waals surface area contributed by atoms with Crippen LogP contribution < -0.4 is 0 Å². The number of esters is 2. The van der Waals surface area contributed by atoms with Crippen LogP contribution >= 0.6 is 11.8 Å². The van der Waals surface area contributed by atoms with Gasteiger partial charge in [-0.1, -0.05) is 48.2 Å². The minimum atomic E-state index is -4.54. The molecule has 2 aromatic rings. The molecule has 0 unspecified atom stereocenters. The summed E-state index contributed by atoms with van der Waals surface area (Å²) in [6.45, 7) is 2.83. The third-order valence-electron chi connectivity index (χ3n) is 3.90. The fraction of sp³-hybridized carbons (Fsp3) is 0.300. The highest BCUT2D eigenvalue weighted by Crippen LogP contribution is 2.36. The van der Waals surface area contributed by atoms with Crippen molar-refractivity contribution in [3.05, 3.63) is 60.7 Å². The van der Waals surface area contributed by atoms with E-state index in [-0.39, 0.29) is 34.8 Å². The van der Waals surface area contributed by atoms with Crippen LogP contribution in [0.15, 0.2) is 70.5 Å². The van der Waals surface area contributed by atoms with Gasteiger partial charge in [0.05, 0.1) is 23.0 Å². The monoisotopic (exact) mass is 486 g/mol. The highest BCUT2D eigenvalue weighted by molar-refractivity contribution is 8.27. The van der Waals surface area contributed by atoms with Gasteiger partial charge in [-0.15, -0.1) is 0 Å². The summed E-state index contributed by atoms with van der Waals surface area (Å²) in [5, 5.41) is -1.80. The highest BCUT2D eigenvalue weighted by Gasteiger charge is 2.46. The molecule has 0 aliphatic carbocycles. The smallest absolute Gasteiger partial charge is 0.330 e. The van der Waals surface area contributed by atoms with Crippen LogP contribution in [0, 0.1) is 0 Å². The summed E-state index contributed by atoms with van der Waals surface area (Å²) in [7, 11) is -9.08. The van der Waals surface area contributed by atoms with Crippen molar-refractivity contribution in [1.29, 1.82) is 0 Å². The second-order valence-corrected chi connectivity index (χ2v) is 12.2. The average molecular weight is 487 g/mol. The number of thioether (sulfide) groups is 1. The van der Waals surface area contributed by atoms with Crippen molar-refractivity contribution in [2.24, 2.45) is 0 Å². The van der Waals surface area contributed by atoms with Gasteiger partial charge in [0.15, 0.2) is 0 Å². The van der Waals surface area contributed by atoms with E-state index in [4.69, 9.17) is 9.47 Å². The molecule has 0 saturated heterocycles. The van der Waals surface area contributed by atoms with Crippen molar-refractivity contribution in [1.82, 2.24) is 0 Å². The Morgan fingerprint density at radius 1 is 0.742 bits per heavy atom. The zero-order chi connectivity index (χ0) is 23.1. The van der Waals surface area contributed by atoms with Crippen LogP contribution in [-0.2, 0) is 38.7 Å². The third kappa shape index (κ3) is 5.86. The van der Waals surface area contributed by atoms with E-state index in [1.54, 1.807) is 12.1 Å². The van der Waals surface area contributed by atoms with E-state index < -0.39 is 40.8 Å². The number of hydrogen-bond acceptors (Lipinski definition) is 9. The minimum Gasteiger partial charge on any atom is -0.465 e. The van der Waals surface area contributed by atoms with Gasteiger partial charge >= 0.3 is 11.9 Å². The minimum absolute atomic E-state index is 0.0865. The molecule has 0 amide bonds. The van der Waals surface area contributed by atoms with Gasteiger partial charge in [-0.2, -0.15) is 0 Å². The molecule has 168 valence electrons. The zero-order valence-corrected chi connectivity index (χ0v) is 19.3. The lowest BCUT2D eigenvalue weighted by Crippen LogP contribution is -2.37. The van der Waals surface area contributed by atoms with Crippen molar-refractivity contribution in [2.45, 2.75) is 32.8 Å². The van der Waals surface area contributed by atoms with Crippen LogP contribution in [0.3, 0.4) is 0 Å². The number of hydrogen-bond donors (Lipinski definition) is 0. The summed E-state index contributed by atoms with van der Waals surface area (Å²) in [5.74, 6) is -2.16. The second kappa shape index (κ2) is 10.8. The Morgan fingerprint density at radius 3 is 1.42 bits per heavy atom. The zero-order valence-electron chi connectivity index (χ0n) is 16.8. The molecule has 0 saturated carbocycles. The van der Waals surface area contributed by atoms with E-state index in [1.807, 2.05) is 0 Å². The van der Waals surface area contributed by atoms with E-state index in [0.717, 1.165) is 0 Å². The van der Waals surface area contributed by atoms with Gasteiger partial charge in [0.25, 0.3) is 0 Å². The summed E-state index contributed by atoms with van der Waals surface area (Å²) in [4.78, 5) is 24.2. The van der Waals surface area contributed by atoms with Gasteiger partial charge in [0.2, 0.25) is 28.8 Å². The molecule has 0 heterocycles. The third-order valence-corrected chi connectivity index (χ3v) is 11.4. The quantitative estimate of drug-likeness (QED) is 0.368. The molecule has 2 rings (SSSR count). The molecule has 0 aromatic heterocycles. The maximum Gasteiger partial charge on any atom is 0.330 e. The van der Waals surface area contributed by atoms with E-state index in [0.29, 0.717) is 0 Å². The molecule has 0 aliphatic rings. The van der Waals surface area contributed by atoms with Crippen LogP contribution in [0.25, 0.3) is 0 Å². The number of benzene rings is 2. The first-order chi connectivity index (χ1) is 14.7. The number of rotatable bonds is 10. The normalized spacial score (nSPS) is 12.0. The number of carbonyl (C=O) groups excluding carboxylic acids is 2. The van der Waals surface area contributed by atoms with Gasteiger partial charge in [0.1, 0.15) is 0 Å². The molecule has 0 aliphatic heterocycles. The molecule has 0 atom stereocenters. The lowest BCUT2D eigenvalue weighted by Gasteiger charge is -2.22. The largest absolute Gasteiger partial charge is 0.465 e. The average Bonchev–Trinajstić information content (AvgIpc) is 2.75. The lowest BCUT2D eigenvalue weighted by atomic mass is 10.4. The topological polar surface area (TPSA) is 121 Å².